The van der Waals surface area contributed by atoms with Gasteiger partial charge in [-0.25, -0.2) is 4.79 Å². The van der Waals surface area contributed by atoms with Crippen LogP contribution in [0.15, 0.2) is 120 Å². The van der Waals surface area contributed by atoms with Gasteiger partial charge in [0, 0.05) is 27.5 Å². The van der Waals surface area contributed by atoms with Crippen LogP contribution in [-0.2, 0) is 53.0 Å². The summed E-state index contributed by atoms with van der Waals surface area (Å²) in [4.78, 5) is 12.5. The molecule has 0 aliphatic carbocycles. The highest BCUT2D eigenvalue weighted by atomic mass is 32.2. The molecular weight excluding hydrogens is 913 g/mol. The first-order valence-electron chi connectivity index (χ1n) is 18.6. The van der Waals surface area contributed by atoms with Crippen molar-refractivity contribution in [1.82, 2.24) is 0 Å². The van der Waals surface area contributed by atoms with Gasteiger partial charge in [-0.05, 0) is 116 Å². The molecule has 0 aromatic heterocycles. The molecule has 0 saturated carbocycles. The fourth-order valence-electron chi connectivity index (χ4n) is 6.43. The van der Waals surface area contributed by atoms with E-state index in [1.54, 1.807) is 58.0 Å². The number of amides is 2. The maximum Gasteiger partial charge on any atom is 0.323 e. The van der Waals surface area contributed by atoms with Gasteiger partial charge in [0.05, 0.1) is 44.6 Å². The molecule has 23 heteroatoms. The van der Waals surface area contributed by atoms with E-state index in [9.17, 15) is 38.5 Å². The lowest BCUT2D eigenvalue weighted by molar-refractivity contribution is 0.262. The summed E-state index contributed by atoms with van der Waals surface area (Å²) in [7, 11) is -13.8. The van der Waals surface area contributed by atoms with Crippen LogP contribution in [-0.4, -0.2) is 67.3 Å². The summed E-state index contributed by atoms with van der Waals surface area (Å²) in [5.41, 5.74) is 3.83. The Morgan fingerprint density at radius 3 is 1.52 bits per heavy atom. The second kappa shape index (κ2) is 18.1. The number of nitrogens with one attached hydrogen (secondary N) is 2. The van der Waals surface area contributed by atoms with Gasteiger partial charge in [-0.3, -0.25) is 12.5 Å². The Kier molecular flexibility index (Phi) is 13.4. The van der Waals surface area contributed by atoms with Crippen molar-refractivity contribution in [3.8, 4) is 5.75 Å². The standard InChI is InChI=1S/C41H40N6O13S4/c1-23-17-34(45-44-28-20-31-29(40(21-28)64(55,56)59-7)12-10-14-39(31)63(53,54)58-6)25(3)15-32(23)42-41(48)43-33-16-26(4)35(18-24(33)2)46-47-36-22-30-27(19-37(36)60-61(8,49)50)11-9-13-38(30)62(51,52)57-5/h9-22H,1-8H3,(H2,42,43,48). The average molecular weight is 953 g/mol. The van der Waals surface area contributed by atoms with Crippen LogP contribution in [0.1, 0.15) is 22.3 Å². The van der Waals surface area contributed by atoms with Gasteiger partial charge in [0.2, 0.25) is 0 Å². The van der Waals surface area contributed by atoms with E-state index in [-0.39, 0.29) is 48.0 Å². The minimum Gasteiger partial charge on any atom is -0.380 e. The van der Waals surface area contributed by atoms with Gasteiger partial charge >= 0.3 is 16.1 Å². The van der Waals surface area contributed by atoms with Gasteiger partial charge in [0.1, 0.15) is 20.4 Å². The molecule has 0 saturated heterocycles. The third-order valence-electron chi connectivity index (χ3n) is 9.65. The van der Waals surface area contributed by atoms with Crippen molar-refractivity contribution in [1.29, 1.82) is 0 Å². The summed E-state index contributed by atoms with van der Waals surface area (Å²) in [5, 5.41) is 23.3. The first-order valence-corrected chi connectivity index (χ1v) is 24.6. The van der Waals surface area contributed by atoms with Crippen LogP contribution in [0.4, 0.5) is 38.9 Å². The second-order valence-electron chi connectivity index (χ2n) is 14.1. The molecule has 6 aromatic rings. The third kappa shape index (κ3) is 10.3. The molecule has 2 N–H and O–H groups in total. The average Bonchev–Trinajstić information content (AvgIpc) is 3.23. The number of rotatable bonds is 14. The van der Waals surface area contributed by atoms with E-state index in [4.69, 9.17) is 16.7 Å². The molecular formula is C41H40N6O13S4. The zero-order valence-corrected chi connectivity index (χ0v) is 38.6. The molecule has 0 heterocycles. The molecule has 2 amide bonds. The van der Waals surface area contributed by atoms with Crippen molar-refractivity contribution in [2.24, 2.45) is 20.5 Å². The maximum atomic E-state index is 13.3. The van der Waals surface area contributed by atoms with Crippen molar-refractivity contribution in [3.05, 3.63) is 107 Å². The first-order chi connectivity index (χ1) is 30.0. The van der Waals surface area contributed by atoms with E-state index in [2.05, 4.69) is 31.1 Å². The predicted octanol–water partition coefficient (Wildman–Crippen LogP) is 9.05. The molecule has 6 aromatic carbocycles. The Hall–Kier alpha value is -6.21. The Balaban J connectivity index is 1.24. The molecule has 0 spiro atoms. The largest absolute Gasteiger partial charge is 0.380 e. The second-order valence-corrected chi connectivity index (χ2v) is 20.7. The zero-order chi connectivity index (χ0) is 46.9. The van der Waals surface area contributed by atoms with E-state index >= 15 is 0 Å². The lowest BCUT2D eigenvalue weighted by Gasteiger charge is -2.14. The van der Waals surface area contributed by atoms with E-state index in [1.807, 2.05) is 0 Å². The number of azo groups is 2. The van der Waals surface area contributed by atoms with Gasteiger partial charge < -0.3 is 14.8 Å². The molecule has 0 bridgehead atoms. The number of fused-ring (bicyclic) bond motifs is 2. The molecule has 0 aliphatic heterocycles. The van der Waals surface area contributed by atoms with Gasteiger partial charge in [0.25, 0.3) is 30.4 Å². The van der Waals surface area contributed by atoms with Gasteiger partial charge in [0.15, 0.2) is 5.75 Å². The Labute approximate surface area is 369 Å². The number of hydrogen-bond acceptors (Lipinski definition) is 17. The number of aryl methyl sites for hydroxylation is 4. The third-order valence-corrected chi connectivity index (χ3v) is 14.1. The molecule has 6 rings (SSSR count). The van der Waals surface area contributed by atoms with E-state index < -0.39 is 46.5 Å². The molecule has 0 aliphatic rings. The number of benzene rings is 6. The number of hydrogen-bond donors (Lipinski definition) is 2. The summed E-state index contributed by atoms with van der Waals surface area (Å²) >= 11 is 0. The summed E-state index contributed by atoms with van der Waals surface area (Å²) < 4.78 is 120. The Morgan fingerprint density at radius 2 is 0.984 bits per heavy atom. The highest BCUT2D eigenvalue weighted by Crippen LogP contribution is 2.39. The highest BCUT2D eigenvalue weighted by molar-refractivity contribution is 7.87. The van der Waals surface area contributed by atoms with Crippen molar-refractivity contribution in [2.45, 2.75) is 42.4 Å². The number of nitrogens with zero attached hydrogens (tertiary/aromatic N) is 4. The van der Waals surface area contributed by atoms with Crippen molar-refractivity contribution >= 4 is 102 Å². The first kappa shape index (κ1) is 47.3. The maximum absolute atomic E-state index is 13.3. The SMILES string of the molecule is COS(=O)(=O)c1cccc2cc(OS(C)(=O)=O)c(N=Nc3cc(C)c(NC(=O)Nc4cc(C)c(N=Nc5cc(S(=O)(=O)OC)c6cccc(S(=O)(=O)OC)c6c5)cc4C)cc3C)cc12. The quantitative estimate of drug-likeness (QED) is 0.0763. The fourth-order valence-corrected chi connectivity index (χ4v) is 9.52. The summed E-state index contributed by atoms with van der Waals surface area (Å²) in [6.45, 7) is 6.88. The summed E-state index contributed by atoms with van der Waals surface area (Å²) in [6, 6.07) is 19.7. The number of carbonyl (C=O) groups is 1. The van der Waals surface area contributed by atoms with Crippen LogP contribution < -0.4 is 14.8 Å². The minimum atomic E-state index is -4.33. The number of carbonyl (C=O) groups excluding carboxylic acids is 1. The van der Waals surface area contributed by atoms with E-state index in [0.29, 0.717) is 50.4 Å². The Morgan fingerprint density at radius 1 is 0.500 bits per heavy atom. The van der Waals surface area contributed by atoms with Gasteiger partial charge in [-0.2, -0.15) is 49.0 Å². The predicted molar refractivity (Wildman–Crippen MR) is 239 cm³/mol. The summed E-state index contributed by atoms with van der Waals surface area (Å²) in [6.07, 6.45) is 0.856. The lowest BCUT2D eigenvalue weighted by atomic mass is 10.1. The molecule has 336 valence electrons. The molecule has 64 heavy (non-hydrogen) atoms. The molecule has 0 unspecified atom stereocenters. The van der Waals surface area contributed by atoms with Crippen molar-refractivity contribution < 1.29 is 55.2 Å². The van der Waals surface area contributed by atoms with Crippen LogP contribution in [0.3, 0.4) is 0 Å². The smallest absolute Gasteiger partial charge is 0.323 e. The van der Waals surface area contributed by atoms with Crippen LogP contribution in [0.5, 0.6) is 5.75 Å². The van der Waals surface area contributed by atoms with Crippen LogP contribution in [0.25, 0.3) is 21.5 Å². The van der Waals surface area contributed by atoms with Crippen LogP contribution in [0.2, 0.25) is 0 Å². The van der Waals surface area contributed by atoms with Crippen LogP contribution >= 0.6 is 0 Å². The normalized spacial score (nSPS) is 12.7. The van der Waals surface area contributed by atoms with Crippen LogP contribution in [0, 0.1) is 27.7 Å². The van der Waals surface area contributed by atoms with Crippen molar-refractivity contribution in [3.63, 3.8) is 0 Å². The molecule has 0 fully saturated rings. The van der Waals surface area contributed by atoms with E-state index in [1.165, 1.54) is 54.6 Å². The number of anilines is 2. The van der Waals surface area contributed by atoms with Gasteiger partial charge in [-0.1, -0.05) is 24.3 Å². The lowest BCUT2D eigenvalue weighted by Crippen LogP contribution is -2.20. The molecule has 19 nitrogen and oxygen atoms in total. The zero-order valence-electron chi connectivity index (χ0n) is 35.3. The minimum absolute atomic E-state index is 0.00669. The highest BCUT2D eigenvalue weighted by Gasteiger charge is 2.24. The van der Waals surface area contributed by atoms with E-state index in [0.717, 1.165) is 27.6 Å². The fraction of sp³-hybridized carbons (Fsp3) is 0.195. The Bertz CT molecular complexity index is 3410. The number of urea groups is 1. The molecule has 0 radical (unpaired) electrons. The topological polar surface area (TPSA) is 264 Å². The summed E-state index contributed by atoms with van der Waals surface area (Å²) in [5.74, 6) is -0.188. The molecule has 0 atom stereocenters. The van der Waals surface area contributed by atoms with Gasteiger partial charge in [-0.15, -0.1) is 5.11 Å². The monoisotopic (exact) mass is 952 g/mol. The van der Waals surface area contributed by atoms with Crippen molar-refractivity contribution in [2.75, 3.05) is 38.2 Å².